The zero-order valence-electron chi connectivity index (χ0n) is 15.2. The van der Waals surface area contributed by atoms with Crippen LogP contribution in [0.5, 0.6) is 0 Å². The third kappa shape index (κ3) is 3.05. The van der Waals surface area contributed by atoms with E-state index in [9.17, 15) is 4.79 Å². The molecular formula is C21H18N6O. The molecule has 5 rings (SSSR count). The second-order valence-corrected chi connectivity index (χ2v) is 6.91. The summed E-state index contributed by atoms with van der Waals surface area (Å²) < 4.78 is 0. The van der Waals surface area contributed by atoms with Crippen molar-refractivity contribution in [2.75, 3.05) is 6.54 Å². The molecule has 4 aromatic rings. The second-order valence-electron chi connectivity index (χ2n) is 6.91. The SMILES string of the molecule is O=c1[nH]c(-c2cncnc2)nc2c1CN(Cc1ccnc3ccccc13)CC2. The molecule has 7 nitrogen and oxygen atoms in total. The Morgan fingerprint density at radius 1 is 1.11 bits per heavy atom. The minimum absolute atomic E-state index is 0.0897. The van der Waals surface area contributed by atoms with E-state index < -0.39 is 0 Å². The molecule has 0 fully saturated rings. The summed E-state index contributed by atoms with van der Waals surface area (Å²) in [5, 5.41) is 1.15. The zero-order valence-corrected chi connectivity index (χ0v) is 15.2. The van der Waals surface area contributed by atoms with Crippen molar-refractivity contribution in [2.24, 2.45) is 0 Å². The molecule has 28 heavy (non-hydrogen) atoms. The number of hydrogen-bond acceptors (Lipinski definition) is 6. The molecule has 0 aliphatic carbocycles. The van der Waals surface area contributed by atoms with E-state index in [4.69, 9.17) is 0 Å². The first-order valence-corrected chi connectivity index (χ1v) is 9.20. The Bertz CT molecular complexity index is 1200. The maximum Gasteiger partial charge on any atom is 0.255 e. The van der Waals surface area contributed by atoms with E-state index in [2.05, 4.69) is 42.0 Å². The van der Waals surface area contributed by atoms with E-state index >= 15 is 0 Å². The van der Waals surface area contributed by atoms with Gasteiger partial charge in [0.2, 0.25) is 0 Å². The fourth-order valence-electron chi connectivity index (χ4n) is 3.71. The lowest BCUT2D eigenvalue weighted by Gasteiger charge is -2.28. The van der Waals surface area contributed by atoms with Gasteiger partial charge in [-0.15, -0.1) is 0 Å². The largest absolute Gasteiger partial charge is 0.306 e. The number of rotatable bonds is 3. The summed E-state index contributed by atoms with van der Waals surface area (Å²) in [5.41, 5.74) is 4.44. The normalized spacial score (nSPS) is 14.1. The number of fused-ring (bicyclic) bond motifs is 2. The summed E-state index contributed by atoms with van der Waals surface area (Å²) >= 11 is 0. The number of hydrogen-bond donors (Lipinski definition) is 1. The van der Waals surface area contributed by atoms with E-state index in [0.29, 0.717) is 17.9 Å². The van der Waals surface area contributed by atoms with E-state index in [1.807, 2.05) is 24.4 Å². The van der Waals surface area contributed by atoms with Crippen LogP contribution < -0.4 is 5.56 Å². The molecule has 1 aliphatic heterocycles. The molecule has 0 saturated heterocycles. The first-order chi connectivity index (χ1) is 13.8. The number of aromatic nitrogens is 5. The number of benzene rings is 1. The average Bonchev–Trinajstić information content (AvgIpc) is 2.75. The predicted molar refractivity (Wildman–Crippen MR) is 105 cm³/mol. The summed E-state index contributed by atoms with van der Waals surface area (Å²) in [5.74, 6) is 0.526. The van der Waals surface area contributed by atoms with Gasteiger partial charge < -0.3 is 4.98 Å². The van der Waals surface area contributed by atoms with Crippen LogP contribution in [-0.4, -0.2) is 36.4 Å². The van der Waals surface area contributed by atoms with Crippen LogP contribution in [0.1, 0.15) is 16.8 Å². The highest BCUT2D eigenvalue weighted by atomic mass is 16.1. The Balaban J connectivity index is 1.43. The van der Waals surface area contributed by atoms with Gasteiger partial charge in [-0.1, -0.05) is 18.2 Å². The van der Waals surface area contributed by atoms with Crippen LogP contribution in [0, 0.1) is 0 Å². The van der Waals surface area contributed by atoms with Gasteiger partial charge in [-0.3, -0.25) is 14.7 Å². The molecule has 0 amide bonds. The van der Waals surface area contributed by atoms with Gasteiger partial charge in [0.05, 0.1) is 22.3 Å². The van der Waals surface area contributed by atoms with Crippen molar-refractivity contribution in [1.82, 2.24) is 29.8 Å². The first-order valence-electron chi connectivity index (χ1n) is 9.20. The average molecular weight is 370 g/mol. The number of H-pyrrole nitrogens is 1. The van der Waals surface area contributed by atoms with Crippen LogP contribution in [-0.2, 0) is 19.5 Å². The van der Waals surface area contributed by atoms with Crippen LogP contribution >= 0.6 is 0 Å². The molecule has 0 atom stereocenters. The van der Waals surface area contributed by atoms with Crippen molar-refractivity contribution in [1.29, 1.82) is 0 Å². The quantitative estimate of drug-likeness (QED) is 0.596. The summed E-state index contributed by atoms with van der Waals surface area (Å²) in [6.07, 6.45) is 7.35. The third-order valence-corrected chi connectivity index (χ3v) is 5.11. The van der Waals surface area contributed by atoms with Crippen molar-refractivity contribution in [3.63, 3.8) is 0 Å². The maximum atomic E-state index is 12.7. The van der Waals surface area contributed by atoms with Gasteiger partial charge in [0.25, 0.3) is 5.56 Å². The van der Waals surface area contributed by atoms with Crippen LogP contribution in [0.2, 0.25) is 0 Å². The zero-order chi connectivity index (χ0) is 18.9. The van der Waals surface area contributed by atoms with Gasteiger partial charge in [-0.25, -0.2) is 15.0 Å². The summed E-state index contributed by atoms with van der Waals surface area (Å²) in [4.78, 5) is 35.0. The van der Waals surface area contributed by atoms with Gasteiger partial charge in [-0.2, -0.15) is 0 Å². The Morgan fingerprint density at radius 3 is 2.86 bits per heavy atom. The Hall–Kier alpha value is -3.45. The number of nitrogens with one attached hydrogen (secondary N) is 1. The molecule has 3 aromatic heterocycles. The van der Waals surface area contributed by atoms with Gasteiger partial charge in [0, 0.05) is 50.0 Å². The summed E-state index contributed by atoms with van der Waals surface area (Å²) in [6, 6.07) is 10.2. The lowest BCUT2D eigenvalue weighted by Crippen LogP contribution is -2.35. The highest BCUT2D eigenvalue weighted by Gasteiger charge is 2.22. The predicted octanol–water partition coefficient (Wildman–Crippen LogP) is 2.33. The molecule has 1 aliphatic rings. The number of pyridine rings is 1. The van der Waals surface area contributed by atoms with Gasteiger partial charge in [-0.05, 0) is 17.7 Å². The van der Waals surface area contributed by atoms with Gasteiger partial charge in [0.1, 0.15) is 12.2 Å². The number of para-hydroxylation sites is 1. The van der Waals surface area contributed by atoms with Crippen LogP contribution in [0.4, 0.5) is 0 Å². The Kier molecular flexibility index (Phi) is 4.14. The maximum absolute atomic E-state index is 12.7. The molecule has 0 unspecified atom stereocenters. The molecule has 0 spiro atoms. The minimum atomic E-state index is -0.0897. The van der Waals surface area contributed by atoms with Crippen LogP contribution in [0.25, 0.3) is 22.3 Å². The Labute approximate surface area is 161 Å². The lowest BCUT2D eigenvalue weighted by molar-refractivity contribution is 0.242. The molecule has 0 saturated carbocycles. The van der Waals surface area contributed by atoms with Crippen molar-refractivity contribution in [3.05, 3.63) is 82.4 Å². The molecular weight excluding hydrogens is 352 g/mol. The molecule has 4 heterocycles. The molecule has 1 aromatic carbocycles. The first kappa shape index (κ1) is 16.7. The lowest BCUT2D eigenvalue weighted by atomic mass is 10.0. The van der Waals surface area contributed by atoms with Crippen LogP contribution in [0.3, 0.4) is 0 Å². The standard InChI is InChI=1S/C21H18N6O/c28-21-17-12-27(11-14-5-7-24-18-4-2-1-3-16(14)18)8-6-19(17)25-20(26-21)15-9-22-13-23-10-15/h1-5,7,9-10,13H,6,8,11-12H2,(H,25,26,28). The van der Waals surface area contributed by atoms with Crippen molar-refractivity contribution in [2.45, 2.75) is 19.5 Å². The van der Waals surface area contributed by atoms with Crippen molar-refractivity contribution >= 4 is 10.9 Å². The number of nitrogens with zero attached hydrogens (tertiary/aromatic N) is 5. The third-order valence-electron chi connectivity index (χ3n) is 5.11. The van der Waals surface area contributed by atoms with E-state index in [0.717, 1.165) is 41.7 Å². The van der Waals surface area contributed by atoms with Gasteiger partial charge in [0.15, 0.2) is 0 Å². The number of aromatic amines is 1. The topological polar surface area (TPSA) is 87.7 Å². The summed E-state index contributed by atoms with van der Waals surface area (Å²) in [7, 11) is 0. The minimum Gasteiger partial charge on any atom is -0.306 e. The van der Waals surface area contributed by atoms with Crippen molar-refractivity contribution in [3.8, 4) is 11.4 Å². The molecule has 0 bridgehead atoms. The molecule has 1 N–H and O–H groups in total. The van der Waals surface area contributed by atoms with Gasteiger partial charge >= 0.3 is 0 Å². The van der Waals surface area contributed by atoms with E-state index in [-0.39, 0.29) is 5.56 Å². The fourth-order valence-corrected chi connectivity index (χ4v) is 3.71. The monoisotopic (exact) mass is 370 g/mol. The van der Waals surface area contributed by atoms with E-state index in [1.54, 1.807) is 12.4 Å². The smallest absolute Gasteiger partial charge is 0.255 e. The highest BCUT2D eigenvalue weighted by Crippen LogP contribution is 2.22. The molecule has 0 radical (unpaired) electrons. The van der Waals surface area contributed by atoms with E-state index in [1.165, 1.54) is 11.9 Å². The van der Waals surface area contributed by atoms with Crippen molar-refractivity contribution < 1.29 is 0 Å². The fraction of sp³-hybridized carbons (Fsp3) is 0.190. The van der Waals surface area contributed by atoms with Crippen LogP contribution in [0.15, 0.2) is 60.0 Å². The highest BCUT2D eigenvalue weighted by molar-refractivity contribution is 5.81. The molecule has 138 valence electrons. The Morgan fingerprint density at radius 2 is 1.96 bits per heavy atom. The molecule has 7 heteroatoms. The summed E-state index contributed by atoms with van der Waals surface area (Å²) in [6.45, 7) is 2.21. The second kappa shape index (κ2) is 6.94.